The summed E-state index contributed by atoms with van der Waals surface area (Å²) in [6.45, 7) is 3.90. The molecule has 1 fully saturated rings. The van der Waals surface area contributed by atoms with Crippen molar-refractivity contribution in [1.82, 2.24) is 5.32 Å². The van der Waals surface area contributed by atoms with Crippen LogP contribution in [0.2, 0.25) is 5.02 Å². The molecular weight excluding hydrogens is 265 g/mol. The Morgan fingerprint density at radius 1 is 1.53 bits per heavy atom. The smallest absolute Gasteiger partial charge is 0.141 e. The number of rotatable bonds is 6. The molecule has 1 aromatic rings. The summed E-state index contributed by atoms with van der Waals surface area (Å²) in [5.41, 5.74) is 1.07. The maximum atomic E-state index is 13.1. The Kier molecular flexibility index (Phi) is 5.61. The van der Waals surface area contributed by atoms with E-state index in [4.69, 9.17) is 16.3 Å². The van der Waals surface area contributed by atoms with Gasteiger partial charge in [0.2, 0.25) is 0 Å². The van der Waals surface area contributed by atoms with Crippen LogP contribution in [0.5, 0.6) is 0 Å². The third-order valence-corrected chi connectivity index (χ3v) is 3.82. The number of halogens is 2. The molecule has 1 aliphatic heterocycles. The van der Waals surface area contributed by atoms with Gasteiger partial charge in [-0.1, -0.05) is 24.6 Å². The Labute approximate surface area is 119 Å². The van der Waals surface area contributed by atoms with Gasteiger partial charge in [0, 0.05) is 12.6 Å². The van der Waals surface area contributed by atoms with Gasteiger partial charge in [-0.15, -0.1) is 0 Å². The summed E-state index contributed by atoms with van der Waals surface area (Å²) in [5.74, 6) is -0.357. The summed E-state index contributed by atoms with van der Waals surface area (Å²) < 4.78 is 18.8. The van der Waals surface area contributed by atoms with E-state index in [1.807, 2.05) is 0 Å². The second kappa shape index (κ2) is 7.22. The average molecular weight is 286 g/mol. The van der Waals surface area contributed by atoms with E-state index < -0.39 is 0 Å². The van der Waals surface area contributed by atoms with E-state index in [1.54, 1.807) is 12.1 Å². The van der Waals surface area contributed by atoms with Gasteiger partial charge in [-0.3, -0.25) is 0 Å². The molecule has 1 N–H and O–H groups in total. The van der Waals surface area contributed by atoms with E-state index in [2.05, 4.69) is 12.2 Å². The zero-order valence-corrected chi connectivity index (χ0v) is 12.0. The fourth-order valence-corrected chi connectivity index (χ4v) is 2.83. The van der Waals surface area contributed by atoms with Crippen molar-refractivity contribution in [3.63, 3.8) is 0 Å². The van der Waals surface area contributed by atoms with E-state index in [-0.39, 0.29) is 10.8 Å². The van der Waals surface area contributed by atoms with Gasteiger partial charge < -0.3 is 10.1 Å². The highest BCUT2D eigenvalue weighted by Crippen LogP contribution is 2.21. The molecule has 0 saturated carbocycles. The van der Waals surface area contributed by atoms with Crippen molar-refractivity contribution in [3.8, 4) is 0 Å². The lowest BCUT2D eigenvalue weighted by Gasteiger charge is -2.21. The molecule has 0 aromatic heterocycles. The lowest BCUT2D eigenvalue weighted by molar-refractivity contribution is 0.0948. The normalized spacial score (nSPS) is 20.7. The molecule has 2 rings (SSSR count). The van der Waals surface area contributed by atoms with Crippen LogP contribution in [0.4, 0.5) is 4.39 Å². The van der Waals surface area contributed by atoms with E-state index in [1.165, 1.54) is 6.07 Å². The molecule has 1 aliphatic rings. The van der Waals surface area contributed by atoms with E-state index in [9.17, 15) is 4.39 Å². The third kappa shape index (κ3) is 4.44. The summed E-state index contributed by atoms with van der Waals surface area (Å²) in [4.78, 5) is 0. The first-order valence-corrected chi connectivity index (χ1v) is 7.35. The van der Waals surface area contributed by atoms with Crippen LogP contribution < -0.4 is 5.32 Å². The summed E-state index contributed by atoms with van der Waals surface area (Å²) >= 11 is 5.82. The van der Waals surface area contributed by atoms with Gasteiger partial charge in [-0.2, -0.15) is 0 Å². The fraction of sp³-hybridized carbons (Fsp3) is 0.600. The van der Waals surface area contributed by atoms with Gasteiger partial charge in [0.15, 0.2) is 0 Å². The fourth-order valence-electron chi connectivity index (χ4n) is 2.63. The maximum Gasteiger partial charge on any atom is 0.141 e. The standard InChI is InChI=1S/C15H21ClFNO/c1-2-18-12(10-13-4-3-7-19-13)8-11-5-6-15(17)14(16)9-11/h5-6,9,12-13,18H,2-4,7-8,10H2,1H3. The first-order valence-electron chi connectivity index (χ1n) is 6.98. The summed E-state index contributed by atoms with van der Waals surface area (Å²) in [5, 5.41) is 3.67. The minimum atomic E-state index is -0.357. The first kappa shape index (κ1) is 14.8. The van der Waals surface area contributed by atoms with Gasteiger partial charge in [-0.05, 0) is 49.9 Å². The highest BCUT2D eigenvalue weighted by molar-refractivity contribution is 6.30. The number of likely N-dealkylation sites (N-methyl/N-ethyl adjacent to an activating group) is 1. The van der Waals surface area contributed by atoms with Gasteiger partial charge in [-0.25, -0.2) is 4.39 Å². The van der Waals surface area contributed by atoms with Gasteiger partial charge in [0.25, 0.3) is 0 Å². The molecule has 1 aromatic carbocycles. The van der Waals surface area contributed by atoms with Crippen LogP contribution in [-0.2, 0) is 11.2 Å². The second-order valence-electron chi connectivity index (χ2n) is 5.08. The van der Waals surface area contributed by atoms with E-state index in [0.717, 1.165) is 44.4 Å². The van der Waals surface area contributed by atoms with Crippen molar-refractivity contribution < 1.29 is 9.13 Å². The van der Waals surface area contributed by atoms with E-state index >= 15 is 0 Å². The molecule has 4 heteroatoms. The molecule has 0 amide bonds. The molecule has 0 bridgehead atoms. The molecule has 2 nitrogen and oxygen atoms in total. The Morgan fingerprint density at radius 3 is 3.00 bits per heavy atom. The van der Waals surface area contributed by atoms with Crippen molar-refractivity contribution in [2.45, 2.75) is 44.8 Å². The molecule has 0 radical (unpaired) electrons. The quantitative estimate of drug-likeness (QED) is 0.863. The molecule has 0 aliphatic carbocycles. The number of hydrogen-bond acceptors (Lipinski definition) is 2. The van der Waals surface area contributed by atoms with Crippen molar-refractivity contribution in [1.29, 1.82) is 0 Å². The molecule has 2 atom stereocenters. The Morgan fingerprint density at radius 2 is 2.37 bits per heavy atom. The van der Waals surface area contributed by atoms with Crippen molar-refractivity contribution >= 4 is 11.6 Å². The Hall–Kier alpha value is -0.640. The van der Waals surface area contributed by atoms with Crippen molar-refractivity contribution in [2.75, 3.05) is 13.2 Å². The summed E-state index contributed by atoms with van der Waals surface area (Å²) in [6, 6.07) is 5.32. The molecule has 106 valence electrons. The number of benzene rings is 1. The molecular formula is C15H21ClFNO. The van der Waals surface area contributed by atoms with Gasteiger partial charge in [0.05, 0.1) is 11.1 Å². The minimum Gasteiger partial charge on any atom is -0.378 e. The van der Waals surface area contributed by atoms with Crippen LogP contribution in [-0.4, -0.2) is 25.3 Å². The SMILES string of the molecule is CCNC(Cc1ccc(F)c(Cl)c1)CC1CCCO1. The zero-order valence-electron chi connectivity index (χ0n) is 11.3. The summed E-state index contributed by atoms with van der Waals surface area (Å²) in [6.07, 6.45) is 4.52. The highest BCUT2D eigenvalue weighted by atomic mass is 35.5. The topological polar surface area (TPSA) is 21.3 Å². The van der Waals surface area contributed by atoms with Gasteiger partial charge >= 0.3 is 0 Å². The Bertz CT molecular complexity index is 407. The molecule has 1 saturated heterocycles. The number of nitrogens with one attached hydrogen (secondary N) is 1. The molecule has 1 heterocycles. The molecule has 2 unspecified atom stereocenters. The number of ether oxygens (including phenoxy) is 1. The number of hydrogen-bond donors (Lipinski definition) is 1. The highest BCUT2D eigenvalue weighted by Gasteiger charge is 2.20. The molecule has 19 heavy (non-hydrogen) atoms. The third-order valence-electron chi connectivity index (χ3n) is 3.53. The van der Waals surface area contributed by atoms with Crippen LogP contribution in [0.1, 0.15) is 31.7 Å². The maximum absolute atomic E-state index is 13.1. The predicted molar refractivity (Wildman–Crippen MR) is 76.2 cm³/mol. The largest absolute Gasteiger partial charge is 0.378 e. The lowest BCUT2D eigenvalue weighted by atomic mass is 9.99. The Balaban J connectivity index is 1.96. The van der Waals surface area contributed by atoms with Crippen LogP contribution in [0.15, 0.2) is 18.2 Å². The lowest BCUT2D eigenvalue weighted by Crippen LogP contribution is -2.34. The van der Waals surface area contributed by atoms with Crippen molar-refractivity contribution in [2.24, 2.45) is 0 Å². The van der Waals surface area contributed by atoms with Crippen LogP contribution >= 0.6 is 11.6 Å². The van der Waals surface area contributed by atoms with E-state index in [0.29, 0.717) is 12.1 Å². The summed E-state index contributed by atoms with van der Waals surface area (Å²) in [7, 11) is 0. The molecule has 0 spiro atoms. The average Bonchev–Trinajstić information content (AvgIpc) is 2.87. The van der Waals surface area contributed by atoms with Crippen molar-refractivity contribution in [3.05, 3.63) is 34.6 Å². The van der Waals surface area contributed by atoms with Crippen LogP contribution in [0.3, 0.4) is 0 Å². The van der Waals surface area contributed by atoms with Gasteiger partial charge in [0.1, 0.15) is 5.82 Å². The monoisotopic (exact) mass is 285 g/mol. The zero-order chi connectivity index (χ0) is 13.7. The van der Waals surface area contributed by atoms with Crippen LogP contribution in [0, 0.1) is 5.82 Å². The minimum absolute atomic E-state index is 0.199. The predicted octanol–water partition coefficient (Wildman–Crippen LogP) is 3.57. The first-order chi connectivity index (χ1) is 9.19. The second-order valence-corrected chi connectivity index (χ2v) is 5.49. The van der Waals surface area contributed by atoms with Crippen LogP contribution in [0.25, 0.3) is 0 Å².